The monoisotopic (exact) mass is 321 g/mol. The van der Waals surface area contributed by atoms with Crippen molar-refractivity contribution in [1.29, 1.82) is 0 Å². The third-order valence-electron chi connectivity index (χ3n) is 4.10. The van der Waals surface area contributed by atoms with Crippen molar-refractivity contribution in [3.8, 4) is 12.3 Å². The zero-order chi connectivity index (χ0) is 16.0. The Morgan fingerprint density at radius 3 is 2.50 bits per heavy atom. The third-order valence-corrected chi connectivity index (χ3v) is 5.42. The quantitative estimate of drug-likeness (QED) is 0.596. The van der Waals surface area contributed by atoms with Crippen LogP contribution in [0.5, 0.6) is 0 Å². The molecule has 1 heterocycles. The van der Waals surface area contributed by atoms with Gasteiger partial charge in [0, 0.05) is 0 Å². The molecule has 1 saturated heterocycles. The molecule has 0 N–H and O–H groups in total. The van der Waals surface area contributed by atoms with Gasteiger partial charge in [0.15, 0.2) is 0 Å². The molecule has 1 aromatic carbocycles. The van der Waals surface area contributed by atoms with Crippen molar-refractivity contribution >= 4 is 10.1 Å². The van der Waals surface area contributed by atoms with Crippen molar-refractivity contribution in [2.24, 2.45) is 5.92 Å². The van der Waals surface area contributed by atoms with E-state index in [9.17, 15) is 8.42 Å². The Morgan fingerprint density at radius 2 is 1.91 bits per heavy atom. The normalized spacial score (nSPS) is 17.3. The second-order valence-corrected chi connectivity index (χ2v) is 7.42. The molecule has 0 saturated carbocycles. The summed E-state index contributed by atoms with van der Waals surface area (Å²) in [5, 5.41) is 0. The second-order valence-electron chi connectivity index (χ2n) is 5.80. The summed E-state index contributed by atoms with van der Waals surface area (Å²) in [5.74, 6) is 3.18. The number of terminal acetylenes is 1. The van der Waals surface area contributed by atoms with Crippen LogP contribution in [0, 0.1) is 25.2 Å². The predicted molar refractivity (Wildman–Crippen MR) is 86.9 cm³/mol. The molecular weight excluding hydrogens is 298 g/mol. The maximum atomic E-state index is 12.1. The summed E-state index contributed by atoms with van der Waals surface area (Å²) < 4.78 is 29.3. The van der Waals surface area contributed by atoms with Gasteiger partial charge >= 0.3 is 0 Å². The molecule has 0 spiro atoms. The Hall–Kier alpha value is -1.35. The molecule has 5 heteroatoms. The molecule has 0 unspecified atom stereocenters. The van der Waals surface area contributed by atoms with E-state index in [4.69, 9.17) is 10.6 Å². The van der Waals surface area contributed by atoms with Gasteiger partial charge in [-0.1, -0.05) is 23.6 Å². The van der Waals surface area contributed by atoms with Gasteiger partial charge in [0.25, 0.3) is 10.1 Å². The predicted octanol–water partition coefficient (Wildman–Crippen LogP) is 2.44. The van der Waals surface area contributed by atoms with Crippen LogP contribution >= 0.6 is 0 Å². The number of aryl methyl sites for hydroxylation is 1. The highest BCUT2D eigenvalue weighted by Gasteiger charge is 2.20. The standard InChI is InChI=1S/C17H23NO3S/c1-3-11-18-12-8-16(9-13-18)10-14-21-22(19,20)17-6-4-15(2)5-7-17/h1,4-7,16H,8-14H2,2H3. The van der Waals surface area contributed by atoms with Gasteiger partial charge in [0.1, 0.15) is 0 Å². The highest BCUT2D eigenvalue weighted by molar-refractivity contribution is 7.86. The smallest absolute Gasteiger partial charge is 0.292 e. The molecule has 1 aliphatic heterocycles. The molecule has 120 valence electrons. The van der Waals surface area contributed by atoms with Gasteiger partial charge in [0.2, 0.25) is 0 Å². The van der Waals surface area contributed by atoms with E-state index in [0.717, 1.165) is 37.9 Å². The number of nitrogens with zero attached hydrogens (tertiary/aromatic N) is 1. The van der Waals surface area contributed by atoms with Crippen LogP contribution in [0.3, 0.4) is 0 Å². The van der Waals surface area contributed by atoms with Crippen molar-refractivity contribution in [2.75, 3.05) is 26.2 Å². The Bertz CT molecular complexity index is 608. The molecule has 0 atom stereocenters. The van der Waals surface area contributed by atoms with Crippen LogP contribution in [0.15, 0.2) is 29.2 Å². The van der Waals surface area contributed by atoms with E-state index in [-0.39, 0.29) is 11.5 Å². The first-order valence-electron chi connectivity index (χ1n) is 7.63. The molecule has 2 rings (SSSR count). The lowest BCUT2D eigenvalue weighted by atomic mass is 9.94. The minimum absolute atomic E-state index is 0.224. The zero-order valence-corrected chi connectivity index (χ0v) is 13.8. The van der Waals surface area contributed by atoms with Crippen molar-refractivity contribution in [2.45, 2.75) is 31.1 Å². The average Bonchev–Trinajstić information content (AvgIpc) is 2.50. The Labute approximate surface area is 133 Å². The molecule has 0 amide bonds. The first kappa shape index (κ1) is 17.0. The van der Waals surface area contributed by atoms with E-state index < -0.39 is 10.1 Å². The lowest BCUT2D eigenvalue weighted by Gasteiger charge is -2.30. The number of hydrogen-bond acceptors (Lipinski definition) is 4. The van der Waals surface area contributed by atoms with Crippen LogP contribution in [0.1, 0.15) is 24.8 Å². The van der Waals surface area contributed by atoms with E-state index in [1.807, 2.05) is 6.92 Å². The fourth-order valence-electron chi connectivity index (χ4n) is 2.66. The summed E-state index contributed by atoms with van der Waals surface area (Å²) in [6.45, 7) is 4.84. The summed E-state index contributed by atoms with van der Waals surface area (Å²) in [4.78, 5) is 2.47. The van der Waals surface area contributed by atoms with Crippen LogP contribution in [0.4, 0.5) is 0 Å². The highest BCUT2D eigenvalue weighted by Crippen LogP contribution is 2.21. The molecule has 22 heavy (non-hydrogen) atoms. The number of benzene rings is 1. The van der Waals surface area contributed by atoms with Crippen LogP contribution in [0.25, 0.3) is 0 Å². The minimum atomic E-state index is -3.63. The summed E-state index contributed by atoms with van der Waals surface area (Å²) in [7, 11) is -3.63. The molecule has 1 aromatic rings. The van der Waals surface area contributed by atoms with Crippen LogP contribution < -0.4 is 0 Å². The lowest BCUT2D eigenvalue weighted by molar-refractivity contribution is 0.178. The number of hydrogen-bond donors (Lipinski definition) is 0. The van der Waals surface area contributed by atoms with E-state index in [2.05, 4.69) is 10.8 Å². The molecule has 1 aliphatic rings. The number of piperidine rings is 1. The first-order valence-corrected chi connectivity index (χ1v) is 9.04. The third kappa shape index (κ3) is 4.84. The minimum Gasteiger partial charge on any atom is -0.292 e. The van der Waals surface area contributed by atoms with Crippen molar-refractivity contribution < 1.29 is 12.6 Å². The maximum absolute atomic E-state index is 12.1. The molecule has 4 nitrogen and oxygen atoms in total. The summed E-state index contributed by atoms with van der Waals surface area (Å²) in [6.07, 6.45) is 8.18. The Kier molecular flexibility index (Phi) is 6.01. The second kappa shape index (κ2) is 7.77. The molecule has 0 aliphatic carbocycles. The Morgan fingerprint density at radius 1 is 1.27 bits per heavy atom. The van der Waals surface area contributed by atoms with Gasteiger partial charge in [-0.2, -0.15) is 8.42 Å². The SMILES string of the molecule is C#CCN1CCC(CCOS(=O)(=O)c2ccc(C)cc2)CC1. The topological polar surface area (TPSA) is 46.6 Å². The molecule has 1 fully saturated rings. The summed E-state index contributed by atoms with van der Waals surface area (Å²) >= 11 is 0. The van der Waals surface area contributed by atoms with Crippen molar-refractivity contribution in [3.63, 3.8) is 0 Å². The van der Waals surface area contributed by atoms with Gasteiger partial charge in [-0.25, -0.2) is 0 Å². The highest BCUT2D eigenvalue weighted by atomic mass is 32.2. The van der Waals surface area contributed by atoms with E-state index in [1.54, 1.807) is 24.3 Å². The van der Waals surface area contributed by atoms with E-state index in [0.29, 0.717) is 12.5 Å². The van der Waals surface area contributed by atoms with E-state index in [1.165, 1.54) is 0 Å². The van der Waals surface area contributed by atoms with Crippen LogP contribution in [-0.4, -0.2) is 39.6 Å². The molecule has 0 aromatic heterocycles. The molecule has 0 bridgehead atoms. The molecular formula is C17H23NO3S. The first-order chi connectivity index (χ1) is 10.5. The largest absolute Gasteiger partial charge is 0.296 e. The van der Waals surface area contributed by atoms with Crippen molar-refractivity contribution in [1.82, 2.24) is 4.90 Å². The number of rotatable bonds is 6. The van der Waals surface area contributed by atoms with Crippen molar-refractivity contribution in [3.05, 3.63) is 29.8 Å². The van der Waals surface area contributed by atoms with Gasteiger partial charge in [-0.15, -0.1) is 6.42 Å². The van der Waals surface area contributed by atoms with E-state index >= 15 is 0 Å². The maximum Gasteiger partial charge on any atom is 0.296 e. The van der Waals surface area contributed by atoms with Gasteiger partial charge in [0.05, 0.1) is 18.0 Å². The lowest BCUT2D eigenvalue weighted by Crippen LogP contribution is -2.34. The zero-order valence-electron chi connectivity index (χ0n) is 13.0. The fourth-order valence-corrected chi connectivity index (χ4v) is 3.58. The average molecular weight is 321 g/mol. The van der Waals surface area contributed by atoms with Crippen LogP contribution in [0.2, 0.25) is 0 Å². The Balaban J connectivity index is 1.77. The van der Waals surface area contributed by atoms with Gasteiger partial charge < -0.3 is 0 Å². The van der Waals surface area contributed by atoms with Gasteiger partial charge in [-0.3, -0.25) is 9.08 Å². The van der Waals surface area contributed by atoms with Crippen LogP contribution in [-0.2, 0) is 14.3 Å². The fraction of sp³-hybridized carbons (Fsp3) is 0.529. The summed E-state index contributed by atoms with van der Waals surface area (Å²) in [5.41, 5.74) is 1.03. The molecule has 0 radical (unpaired) electrons. The number of likely N-dealkylation sites (tertiary alicyclic amines) is 1. The summed E-state index contributed by atoms with van der Waals surface area (Å²) in [6, 6.07) is 6.72. The van der Waals surface area contributed by atoms with Gasteiger partial charge in [-0.05, 0) is 57.3 Å².